The maximum Gasteiger partial charge on any atom is 0.175 e. The first-order valence-corrected chi connectivity index (χ1v) is 5.08. The second kappa shape index (κ2) is 3.80. The van der Waals surface area contributed by atoms with E-state index in [0.29, 0.717) is 5.56 Å². The summed E-state index contributed by atoms with van der Waals surface area (Å²) < 4.78 is 2.87. The summed E-state index contributed by atoms with van der Waals surface area (Å²) in [4.78, 5) is 4.12. The molecule has 1 aromatic heterocycles. The lowest BCUT2D eigenvalue weighted by molar-refractivity contribution is 1.01. The van der Waals surface area contributed by atoms with Crippen LogP contribution in [0, 0.1) is 15.2 Å². The molecule has 2 aromatic rings. The van der Waals surface area contributed by atoms with Crippen LogP contribution in [-0.2, 0) is 0 Å². The van der Waals surface area contributed by atoms with Gasteiger partial charge in [-0.15, -0.1) is 0 Å². The van der Waals surface area contributed by atoms with E-state index in [2.05, 4.69) is 33.6 Å². The first-order valence-electron chi connectivity index (χ1n) is 4.00. The molecule has 0 amide bonds. The molecule has 0 spiro atoms. The summed E-state index contributed by atoms with van der Waals surface area (Å²) in [6.07, 6.45) is 3.64. The molecule has 0 saturated heterocycles. The molecule has 1 aromatic carbocycles. The summed E-state index contributed by atoms with van der Waals surface area (Å²) >= 11 is 2.16. The van der Waals surface area contributed by atoms with Gasteiger partial charge in [0.2, 0.25) is 0 Å². The van der Waals surface area contributed by atoms with E-state index in [1.807, 2.05) is 22.9 Å². The van der Waals surface area contributed by atoms with Crippen molar-refractivity contribution >= 4 is 22.6 Å². The summed E-state index contributed by atoms with van der Waals surface area (Å²) in [5, 5.41) is 8.64. The van der Waals surface area contributed by atoms with Crippen LogP contribution >= 0.6 is 22.6 Å². The minimum absolute atomic E-state index is 0.670. The second-order valence-corrected chi connectivity index (χ2v) is 3.69. The SMILES string of the molecule is N#Cc1ccc(-n2ccnc2I)cc1. The van der Waals surface area contributed by atoms with Gasteiger partial charge < -0.3 is 0 Å². The smallest absolute Gasteiger partial charge is 0.175 e. The zero-order chi connectivity index (χ0) is 9.97. The van der Waals surface area contributed by atoms with Crippen molar-refractivity contribution in [3.05, 3.63) is 46.1 Å². The lowest BCUT2D eigenvalue weighted by Gasteiger charge is -2.02. The molecule has 0 N–H and O–H groups in total. The number of hydrogen-bond acceptors (Lipinski definition) is 2. The highest BCUT2D eigenvalue weighted by Crippen LogP contribution is 2.12. The topological polar surface area (TPSA) is 41.6 Å². The van der Waals surface area contributed by atoms with Crippen LogP contribution < -0.4 is 0 Å². The monoisotopic (exact) mass is 295 g/mol. The molecule has 0 aliphatic rings. The molecule has 68 valence electrons. The van der Waals surface area contributed by atoms with Gasteiger partial charge in [0.15, 0.2) is 3.83 Å². The van der Waals surface area contributed by atoms with Crippen molar-refractivity contribution in [2.24, 2.45) is 0 Å². The summed E-state index contributed by atoms with van der Waals surface area (Å²) in [6.45, 7) is 0. The molecule has 0 aliphatic heterocycles. The van der Waals surface area contributed by atoms with Crippen LogP contribution in [-0.4, -0.2) is 9.55 Å². The van der Waals surface area contributed by atoms with E-state index in [0.717, 1.165) is 9.52 Å². The second-order valence-electron chi connectivity index (χ2n) is 2.72. The minimum Gasteiger partial charge on any atom is -0.295 e. The number of benzene rings is 1. The van der Waals surface area contributed by atoms with Crippen molar-refractivity contribution in [3.63, 3.8) is 0 Å². The molecule has 0 atom stereocenters. The predicted octanol–water partition coefficient (Wildman–Crippen LogP) is 2.35. The fourth-order valence-electron chi connectivity index (χ4n) is 1.17. The van der Waals surface area contributed by atoms with Gasteiger partial charge in [-0.1, -0.05) is 0 Å². The number of imidazole rings is 1. The lowest BCUT2D eigenvalue weighted by Crippen LogP contribution is -1.94. The van der Waals surface area contributed by atoms with E-state index in [-0.39, 0.29) is 0 Å². The lowest BCUT2D eigenvalue weighted by atomic mass is 10.2. The predicted molar refractivity (Wildman–Crippen MR) is 61.0 cm³/mol. The molecule has 2 rings (SSSR count). The normalized spacial score (nSPS) is 9.71. The molecule has 4 heteroatoms. The first-order chi connectivity index (χ1) is 6.81. The number of nitriles is 1. The Kier molecular flexibility index (Phi) is 2.50. The van der Waals surface area contributed by atoms with E-state index >= 15 is 0 Å². The highest BCUT2D eigenvalue weighted by molar-refractivity contribution is 14.1. The molecule has 0 aliphatic carbocycles. The number of halogens is 1. The Morgan fingerprint density at radius 3 is 2.50 bits per heavy atom. The Morgan fingerprint density at radius 1 is 1.29 bits per heavy atom. The van der Waals surface area contributed by atoms with E-state index in [9.17, 15) is 0 Å². The highest BCUT2D eigenvalue weighted by atomic mass is 127. The van der Waals surface area contributed by atoms with Crippen molar-refractivity contribution in [1.82, 2.24) is 9.55 Å². The van der Waals surface area contributed by atoms with Gasteiger partial charge in [0.05, 0.1) is 11.6 Å². The average Bonchev–Trinajstić information content (AvgIpc) is 2.65. The van der Waals surface area contributed by atoms with Gasteiger partial charge in [-0.2, -0.15) is 5.26 Å². The standard InChI is InChI=1S/C10H6IN3/c11-10-13-5-6-14(10)9-3-1-8(7-12)2-4-9/h1-6H. The summed E-state index contributed by atoms with van der Waals surface area (Å²) in [5.41, 5.74) is 1.69. The van der Waals surface area contributed by atoms with Crippen molar-refractivity contribution in [3.8, 4) is 11.8 Å². The molecular weight excluding hydrogens is 289 g/mol. The van der Waals surface area contributed by atoms with Crippen molar-refractivity contribution in [1.29, 1.82) is 5.26 Å². The molecule has 0 bridgehead atoms. The van der Waals surface area contributed by atoms with Crippen LogP contribution in [0.4, 0.5) is 0 Å². The Hall–Kier alpha value is -1.35. The summed E-state index contributed by atoms with van der Waals surface area (Å²) in [7, 11) is 0. The van der Waals surface area contributed by atoms with E-state index < -0.39 is 0 Å². The zero-order valence-corrected chi connectivity index (χ0v) is 9.34. The number of rotatable bonds is 1. The first kappa shape index (κ1) is 9.21. The van der Waals surface area contributed by atoms with Crippen LogP contribution in [0.5, 0.6) is 0 Å². The number of nitrogens with zero attached hydrogens (tertiary/aromatic N) is 3. The Balaban J connectivity index is 2.45. The molecule has 0 fully saturated rings. The van der Waals surface area contributed by atoms with Gasteiger partial charge in [0, 0.05) is 40.7 Å². The fraction of sp³-hybridized carbons (Fsp3) is 0. The van der Waals surface area contributed by atoms with Crippen molar-refractivity contribution in [2.45, 2.75) is 0 Å². The maximum absolute atomic E-state index is 8.64. The van der Waals surface area contributed by atoms with Gasteiger partial charge in [-0.3, -0.25) is 4.57 Å². The maximum atomic E-state index is 8.64. The molecule has 3 nitrogen and oxygen atoms in total. The van der Waals surface area contributed by atoms with Gasteiger partial charge in [0.25, 0.3) is 0 Å². The Bertz CT molecular complexity index is 479. The molecule has 0 unspecified atom stereocenters. The molecule has 1 heterocycles. The van der Waals surface area contributed by atoms with Crippen molar-refractivity contribution in [2.75, 3.05) is 0 Å². The third-order valence-corrected chi connectivity index (χ3v) is 2.67. The van der Waals surface area contributed by atoms with E-state index in [4.69, 9.17) is 5.26 Å². The van der Waals surface area contributed by atoms with Crippen LogP contribution in [0.3, 0.4) is 0 Å². The molecule has 14 heavy (non-hydrogen) atoms. The zero-order valence-electron chi connectivity index (χ0n) is 7.18. The Morgan fingerprint density at radius 2 is 2.00 bits per heavy atom. The third kappa shape index (κ3) is 1.63. The van der Waals surface area contributed by atoms with Gasteiger partial charge in [0.1, 0.15) is 0 Å². The van der Waals surface area contributed by atoms with Crippen LogP contribution in [0.1, 0.15) is 5.56 Å². The van der Waals surface area contributed by atoms with Crippen molar-refractivity contribution < 1.29 is 0 Å². The highest BCUT2D eigenvalue weighted by Gasteiger charge is 2.00. The molecular formula is C10H6IN3. The fourth-order valence-corrected chi connectivity index (χ4v) is 1.77. The molecule has 0 saturated carbocycles. The summed E-state index contributed by atoms with van der Waals surface area (Å²) in [6, 6.07) is 9.49. The van der Waals surface area contributed by atoms with E-state index in [1.54, 1.807) is 18.3 Å². The van der Waals surface area contributed by atoms with Gasteiger partial charge >= 0.3 is 0 Å². The molecule has 0 radical (unpaired) electrons. The van der Waals surface area contributed by atoms with Crippen LogP contribution in [0.15, 0.2) is 36.7 Å². The number of aromatic nitrogens is 2. The summed E-state index contributed by atoms with van der Waals surface area (Å²) in [5.74, 6) is 0. The third-order valence-electron chi connectivity index (χ3n) is 1.87. The van der Waals surface area contributed by atoms with E-state index in [1.165, 1.54) is 0 Å². The van der Waals surface area contributed by atoms with Crippen LogP contribution in [0.25, 0.3) is 5.69 Å². The number of hydrogen-bond donors (Lipinski definition) is 0. The van der Waals surface area contributed by atoms with Crippen LogP contribution in [0.2, 0.25) is 0 Å². The average molecular weight is 295 g/mol. The largest absolute Gasteiger partial charge is 0.295 e. The minimum atomic E-state index is 0.670. The van der Waals surface area contributed by atoms with Gasteiger partial charge in [-0.05, 0) is 24.3 Å². The van der Waals surface area contributed by atoms with Gasteiger partial charge in [-0.25, -0.2) is 4.98 Å². The quantitative estimate of drug-likeness (QED) is 0.758. The Labute approximate surface area is 95.1 Å².